The van der Waals surface area contributed by atoms with Crippen molar-refractivity contribution < 1.29 is 0 Å². The molecule has 0 aromatic carbocycles. The number of hydrogen-bond acceptors (Lipinski definition) is 2. The summed E-state index contributed by atoms with van der Waals surface area (Å²) in [4.78, 5) is 0. The van der Waals surface area contributed by atoms with Crippen molar-refractivity contribution in [2.75, 3.05) is 6.54 Å². The molecule has 14 heavy (non-hydrogen) atoms. The van der Waals surface area contributed by atoms with Gasteiger partial charge in [-0.2, -0.15) is 5.10 Å². The van der Waals surface area contributed by atoms with Gasteiger partial charge < -0.3 is 5.73 Å². The van der Waals surface area contributed by atoms with Crippen LogP contribution >= 0.6 is 0 Å². The van der Waals surface area contributed by atoms with Crippen LogP contribution in [-0.2, 0) is 13.5 Å². The number of hydrogen-bond donors (Lipinski definition) is 1. The van der Waals surface area contributed by atoms with Crippen molar-refractivity contribution in [2.24, 2.45) is 18.2 Å². The van der Waals surface area contributed by atoms with Gasteiger partial charge in [0, 0.05) is 18.9 Å². The molecule has 0 bridgehead atoms. The summed E-state index contributed by atoms with van der Waals surface area (Å²) in [5.41, 5.74) is 7.34. The van der Waals surface area contributed by atoms with Crippen LogP contribution in [0.4, 0.5) is 0 Å². The van der Waals surface area contributed by atoms with Crippen LogP contribution in [0.5, 0.6) is 0 Å². The Morgan fingerprint density at radius 2 is 2.29 bits per heavy atom. The Morgan fingerprint density at radius 1 is 1.57 bits per heavy atom. The van der Waals surface area contributed by atoms with E-state index in [1.165, 1.54) is 5.69 Å². The lowest BCUT2D eigenvalue weighted by molar-refractivity contribution is 0.294. The molecule has 80 valence electrons. The highest BCUT2D eigenvalue weighted by molar-refractivity contribution is 5.00. The first-order valence-corrected chi connectivity index (χ1v) is 5.28. The molecule has 3 heteroatoms. The smallest absolute Gasteiger partial charge is 0.0492 e. The zero-order chi connectivity index (χ0) is 10.6. The molecule has 3 nitrogen and oxygen atoms in total. The van der Waals surface area contributed by atoms with E-state index >= 15 is 0 Å². The van der Waals surface area contributed by atoms with Crippen molar-refractivity contribution >= 4 is 0 Å². The normalized spacial score (nSPS) is 15.4. The molecule has 1 heterocycles. The van der Waals surface area contributed by atoms with Gasteiger partial charge in [-0.25, -0.2) is 0 Å². The largest absolute Gasteiger partial charge is 0.330 e. The number of nitrogens with two attached hydrogens (primary N) is 1. The van der Waals surface area contributed by atoms with E-state index in [0.29, 0.717) is 0 Å². The molecule has 1 atom stereocenters. The van der Waals surface area contributed by atoms with Crippen molar-refractivity contribution in [3.8, 4) is 0 Å². The Hall–Kier alpha value is -0.830. The van der Waals surface area contributed by atoms with Gasteiger partial charge in [0.15, 0.2) is 0 Å². The van der Waals surface area contributed by atoms with Gasteiger partial charge in [0.25, 0.3) is 0 Å². The van der Waals surface area contributed by atoms with Gasteiger partial charge in [-0.15, -0.1) is 0 Å². The Bertz CT molecular complexity index is 274. The van der Waals surface area contributed by atoms with Crippen molar-refractivity contribution in [3.05, 3.63) is 18.0 Å². The van der Waals surface area contributed by atoms with Crippen LogP contribution in [-0.4, -0.2) is 16.3 Å². The summed E-state index contributed by atoms with van der Waals surface area (Å²) in [6.45, 7) is 5.22. The standard InChI is InChI=1S/C11H21N3/c1-4-11(2,9-12)7-5-10-6-8-13-14(10)3/h6,8H,4-5,7,9,12H2,1-3H3. The summed E-state index contributed by atoms with van der Waals surface area (Å²) in [7, 11) is 1.99. The second-order valence-corrected chi connectivity index (χ2v) is 4.31. The molecular formula is C11H21N3. The predicted molar refractivity (Wildman–Crippen MR) is 59.0 cm³/mol. The molecule has 0 saturated carbocycles. The minimum Gasteiger partial charge on any atom is -0.330 e. The average Bonchev–Trinajstić information content (AvgIpc) is 2.61. The van der Waals surface area contributed by atoms with E-state index in [4.69, 9.17) is 5.73 Å². The lowest BCUT2D eigenvalue weighted by Crippen LogP contribution is -2.27. The first-order chi connectivity index (χ1) is 6.61. The molecule has 0 saturated heterocycles. The summed E-state index contributed by atoms with van der Waals surface area (Å²) in [5, 5.41) is 4.15. The number of aromatic nitrogens is 2. The molecule has 1 rings (SSSR count). The van der Waals surface area contributed by atoms with Crippen LogP contribution in [0.1, 0.15) is 32.4 Å². The zero-order valence-electron chi connectivity index (χ0n) is 9.45. The minimum absolute atomic E-state index is 0.282. The third-order valence-electron chi connectivity index (χ3n) is 3.25. The average molecular weight is 195 g/mol. The van der Waals surface area contributed by atoms with Crippen molar-refractivity contribution in [2.45, 2.75) is 33.1 Å². The zero-order valence-corrected chi connectivity index (χ0v) is 9.45. The molecule has 1 aromatic heterocycles. The topological polar surface area (TPSA) is 43.8 Å². The van der Waals surface area contributed by atoms with E-state index in [2.05, 4.69) is 25.0 Å². The SMILES string of the molecule is CCC(C)(CN)CCc1ccnn1C. The highest BCUT2D eigenvalue weighted by Crippen LogP contribution is 2.25. The lowest BCUT2D eigenvalue weighted by atomic mass is 9.82. The van der Waals surface area contributed by atoms with E-state index in [1.807, 2.05) is 17.9 Å². The summed E-state index contributed by atoms with van der Waals surface area (Å²) >= 11 is 0. The third-order valence-corrected chi connectivity index (χ3v) is 3.25. The van der Waals surface area contributed by atoms with E-state index in [9.17, 15) is 0 Å². The predicted octanol–water partition coefficient (Wildman–Crippen LogP) is 1.73. The molecule has 0 aliphatic heterocycles. The maximum Gasteiger partial charge on any atom is 0.0492 e. The molecular weight excluding hydrogens is 174 g/mol. The first kappa shape index (κ1) is 11.2. The second kappa shape index (κ2) is 4.60. The Kier molecular flexibility index (Phi) is 3.69. The first-order valence-electron chi connectivity index (χ1n) is 5.28. The molecule has 2 N–H and O–H groups in total. The fraction of sp³-hybridized carbons (Fsp3) is 0.727. The maximum atomic E-state index is 5.77. The second-order valence-electron chi connectivity index (χ2n) is 4.31. The molecule has 0 aliphatic rings. The molecule has 0 aliphatic carbocycles. The molecule has 0 radical (unpaired) electrons. The van der Waals surface area contributed by atoms with Gasteiger partial charge in [0.05, 0.1) is 0 Å². The van der Waals surface area contributed by atoms with Crippen LogP contribution in [0, 0.1) is 5.41 Å². The quantitative estimate of drug-likeness (QED) is 0.777. The van der Waals surface area contributed by atoms with Crippen LogP contribution in [0.2, 0.25) is 0 Å². The fourth-order valence-electron chi connectivity index (χ4n) is 1.50. The van der Waals surface area contributed by atoms with Crippen LogP contribution in [0.15, 0.2) is 12.3 Å². The van der Waals surface area contributed by atoms with E-state index in [-0.39, 0.29) is 5.41 Å². The van der Waals surface area contributed by atoms with Gasteiger partial charge in [0.1, 0.15) is 0 Å². The van der Waals surface area contributed by atoms with Crippen LogP contribution < -0.4 is 5.73 Å². The maximum absolute atomic E-state index is 5.77. The van der Waals surface area contributed by atoms with Crippen molar-refractivity contribution in [3.63, 3.8) is 0 Å². The number of aryl methyl sites for hydroxylation is 2. The summed E-state index contributed by atoms with van der Waals surface area (Å²) in [6.07, 6.45) is 5.19. The van der Waals surface area contributed by atoms with Crippen LogP contribution in [0.3, 0.4) is 0 Å². The summed E-state index contributed by atoms with van der Waals surface area (Å²) < 4.78 is 1.94. The Morgan fingerprint density at radius 3 is 2.71 bits per heavy atom. The number of nitrogens with zero attached hydrogens (tertiary/aromatic N) is 2. The summed E-state index contributed by atoms with van der Waals surface area (Å²) in [5.74, 6) is 0. The Labute approximate surface area is 86.3 Å². The minimum atomic E-state index is 0.282. The number of rotatable bonds is 5. The van der Waals surface area contributed by atoms with Gasteiger partial charge in [-0.05, 0) is 37.3 Å². The van der Waals surface area contributed by atoms with E-state index in [0.717, 1.165) is 25.8 Å². The third kappa shape index (κ3) is 2.58. The van der Waals surface area contributed by atoms with Gasteiger partial charge in [0.2, 0.25) is 0 Å². The molecule has 0 amide bonds. The molecule has 0 spiro atoms. The summed E-state index contributed by atoms with van der Waals surface area (Å²) in [6, 6.07) is 2.08. The van der Waals surface area contributed by atoms with Gasteiger partial charge in [-0.1, -0.05) is 13.8 Å². The fourth-order valence-corrected chi connectivity index (χ4v) is 1.50. The highest BCUT2D eigenvalue weighted by atomic mass is 15.2. The lowest BCUT2D eigenvalue weighted by Gasteiger charge is -2.26. The van der Waals surface area contributed by atoms with Crippen molar-refractivity contribution in [1.82, 2.24) is 9.78 Å². The van der Waals surface area contributed by atoms with Crippen LogP contribution in [0.25, 0.3) is 0 Å². The highest BCUT2D eigenvalue weighted by Gasteiger charge is 2.19. The Balaban J connectivity index is 2.52. The van der Waals surface area contributed by atoms with Crippen molar-refractivity contribution in [1.29, 1.82) is 0 Å². The molecule has 0 fully saturated rings. The van der Waals surface area contributed by atoms with E-state index in [1.54, 1.807) is 0 Å². The van der Waals surface area contributed by atoms with E-state index < -0.39 is 0 Å². The monoisotopic (exact) mass is 195 g/mol. The van der Waals surface area contributed by atoms with Gasteiger partial charge >= 0.3 is 0 Å². The molecule has 1 aromatic rings. The molecule has 1 unspecified atom stereocenters. The van der Waals surface area contributed by atoms with Gasteiger partial charge in [-0.3, -0.25) is 4.68 Å².